The Morgan fingerprint density at radius 1 is 1.50 bits per heavy atom. The van der Waals surface area contributed by atoms with Gasteiger partial charge in [-0.1, -0.05) is 6.07 Å². The molecule has 0 aromatic heterocycles. The van der Waals surface area contributed by atoms with Crippen molar-refractivity contribution in [2.45, 2.75) is 6.42 Å². The first-order valence-corrected chi connectivity index (χ1v) is 4.71. The predicted octanol–water partition coefficient (Wildman–Crippen LogP) is 0.612. The monoisotopic (exact) mass is 221 g/mol. The molecule has 0 fully saturated rings. The number of carbonyl (C=O) groups is 1. The summed E-state index contributed by atoms with van der Waals surface area (Å²) < 4.78 is 10.4. The Labute approximate surface area is 92.0 Å². The Kier molecular flexibility index (Phi) is 2.90. The molecule has 2 rings (SSSR count). The number of hydrogen-bond acceptors (Lipinski definition) is 4. The van der Waals surface area contributed by atoms with Crippen LogP contribution < -0.4 is 20.6 Å². The van der Waals surface area contributed by atoms with Crippen molar-refractivity contribution in [3.8, 4) is 11.5 Å². The molecule has 0 radical (unpaired) electrons. The van der Waals surface area contributed by atoms with Crippen LogP contribution >= 0.6 is 0 Å². The third kappa shape index (κ3) is 2.41. The van der Waals surface area contributed by atoms with Gasteiger partial charge in [0.2, 0.25) is 6.79 Å². The number of nitrogens with two attached hydrogens (primary N) is 1. The lowest BCUT2D eigenvalue weighted by Crippen LogP contribution is -2.24. The van der Waals surface area contributed by atoms with Gasteiger partial charge in [-0.05, 0) is 17.7 Å². The summed E-state index contributed by atoms with van der Waals surface area (Å²) in [7, 11) is 0. The van der Waals surface area contributed by atoms with Crippen molar-refractivity contribution in [3.05, 3.63) is 23.8 Å². The molecule has 1 aliphatic heterocycles. The van der Waals surface area contributed by atoms with Gasteiger partial charge >= 0.3 is 6.03 Å². The van der Waals surface area contributed by atoms with E-state index in [9.17, 15) is 4.79 Å². The van der Waals surface area contributed by atoms with E-state index in [1.807, 2.05) is 18.2 Å². The van der Waals surface area contributed by atoms with Gasteiger partial charge in [-0.25, -0.2) is 10.2 Å². The van der Waals surface area contributed by atoms with Gasteiger partial charge < -0.3 is 15.2 Å². The molecule has 6 heteroatoms. The summed E-state index contributed by atoms with van der Waals surface area (Å²) in [5, 5.41) is 3.64. The number of fused-ring (bicyclic) bond motifs is 1. The van der Waals surface area contributed by atoms with E-state index in [-0.39, 0.29) is 6.79 Å². The van der Waals surface area contributed by atoms with E-state index >= 15 is 0 Å². The van der Waals surface area contributed by atoms with Gasteiger partial charge in [0, 0.05) is 12.6 Å². The lowest BCUT2D eigenvalue weighted by Gasteiger charge is -1.99. The Morgan fingerprint density at radius 3 is 3.12 bits per heavy atom. The van der Waals surface area contributed by atoms with Crippen LogP contribution in [-0.4, -0.2) is 19.0 Å². The smallest absolute Gasteiger partial charge is 0.332 e. The maximum atomic E-state index is 10.3. The number of urea groups is 1. The fraction of sp³-hybridized carbons (Fsp3) is 0.200. The van der Waals surface area contributed by atoms with Crippen molar-refractivity contribution in [1.29, 1.82) is 0 Å². The molecule has 1 heterocycles. The van der Waals surface area contributed by atoms with Gasteiger partial charge in [-0.15, -0.1) is 0 Å². The van der Waals surface area contributed by atoms with Gasteiger partial charge in [-0.2, -0.15) is 5.10 Å². The molecule has 0 atom stereocenters. The van der Waals surface area contributed by atoms with Crippen LogP contribution in [0.25, 0.3) is 0 Å². The fourth-order valence-corrected chi connectivity index (χ4v) is 1.33. The van der Waals surface area contributed by atoms with Crippen LogP contribution in [-0.2, 0) is 6.42 Å². The second-order valence-corrected chi connectivity index (χ2v) is 3.18. The van der Waals surface area contributed by atoms with Gasteiger partial charge in [0.1, 0.15) is 0 Å². The van der Waals surface area contributed by atoms with Crippen molar-refractivity contribution >= 4 is 12.2 Å². The fourth-order valence-electron chi connectivity index (χ4n) is 1.33. The van der Waals surface area contributed by atoms with E-state index in [1.54, 1.807) is 6.21 Å². The molecule has 0 aliphatic carbocycles. The first-order valence-electron chi connectivity index (χ1n) is 4.71. The Balaban J connectivity index is 1.95. The quantitative estimate of drug-likeness (QED) is 0.579. The van der Waals surface area contributed by atoms with Crippen LogP contribution in [0.1, 0.15) is 5.56 Å². The van der Waals surface area contributed by atoms with Crippen LogP contribution in [0.4, 0.5) is 4.79 Å². The predicted molar refractivity (Wildman–Crippen MR) is 57.5 cm³/mol. The minimum Gasteiger partial charge on any atom is -0.454 e. The molecule has 1 aliphatic rings. The normalized spacial score (nSPS) is 13.0. The van der Waals surface area contributed by atoms with E-state index in [1.165, 1.54) is 0 Å². The number of nitrogens with one attached hydrogen (secondary N) is 1. The first kappa shape index (κ1) is 10.3. The van der Waals surface area contributed by atoms with Crippen LogP contribution in [0.5, 0.6) is 11.5 Å². The van der Waals surface area contributed by atoms with Crippen molar-refractivity contribution in [3.63, 3.8) is 0 Å². The minimum atomic E-state index is -0.679. The summed E-state index contributed by atoms with van der Waals surface area (Å²) in [6.07, 6.45) is 2.14. The van der Waals surface area contributed by atoms with E-state index in [2.05, 4.69) is 10.5 Å². The summed E-state index contributed by atoms with van der Waals surface area (Å²) in [6, 6.07) is 4.94. The summed E-state index contributed by atoms with van der Waals surface area (Å²) in [5.74, 6) is 1.48. The molecule has 0 saturated heterocycles. The molecule has 84 valence electrons. The Hall–Kier alpha value is -2.24. The number of amides is 2. The molecule has 2 amide bonds. The van der Waals surface area contributed by atoms with E-state index < -0.39 is 6.03 Å². The number of carbonyl (C=O) groups excluding carboxylic acids is 1. The number of hydrogen-bond donors (Lipinski definition) is 2. The number of ether oxygens (including phenoxy) is 2. The highest BCUT2D eigenvalue weighted by molar-refractivity contribution is 5.73. The number of hydrazone groups is 1. The molecule has 0 bridgehead atoms. The van der Waals surface area contributed by atoms with Crippen molar-refractivity contribution < 1.29 is 14.3 Å². The standard InChI is InChI=1S/C10H11N3O3/c11-10(14)13-12-4-3-7-1-2-8-9(5-7)16-6-15-8/h1-2,4-5H,3,6H2,(H3,11,13,14)/b12-4+. The van der Waals surface area contributed by atoms with Crippen molar-refractivity contribution in [1.82, 2.24) is 5.43 Å². The lowest BCUT2D eigenvalue weighted by molar-refractivity contribution is 0.174. The van der Waals surface area contributed by atoms with Crippen LogP contribution in [0.15, 0.2) is 23.3 Å². The van der Waals surface area contributed by atoms with Crippen molar-refractivity contribution in [2.24, 2.45) is 10.8 Å². The zero-order valence-electron chi connectivity index (χ0n) is 8.47. The van der Waals surface area contributed by atoms with Gasteiger partial charge in [0.15, 0.2) is 11.5 Å². The molecule has 6 nitrogen and oxygen atoms in total. The van der Waals surface area contributed by atoms with Gasteiger partial charge in [-0.3, -0.25) is 0 Å². The molecule has 3 N–H and O–H groups in total. The first-order chi connectivity index (χ1) is 7.75. The summed E-state index contributed by atoms with van der Waals surface area (Å²) in [6.45, 7) is 0.260. The van der Waals surface area contributed by atoms with Crippen LogP contribution in [0, 0.1) is 0 Å². The maximum Gasteiger partial charge on any atom is 0.332 e. The second-order valence-electron chi connectivity index (χ2n) is 3.18. The maximum absolute atomic E-state index is 10.3. The largest absolute Gasteiger partial charge is 0.454 e. The van der Waals surface area contributed by atoms with Crippen LogP contribution in [0.3, 0.4) is 0 Å². The minimum absolute atomic E-state index is 0.260. The Bertz CT molecular complexity index is 431. The number of nitrogens with zero attached hydrogens (tertiary/aromatic N) is 1. The average molecular weight is 221 g/mol. The highest BCUT2D eigenvalue weighted by Gasteiger charge is 2.12. The third-order valence-electron chi connectivity index (χ3n) is 2.03. The highest BCUT2D eigenvalue weighted by atomic mass is 16.7. The number of benzene rings is 1. The molecule has 0 unspecified atom stereocenters. The highest BCUT2D eigenvalue weighted by Crippen LogP contribution is 2.32. The molecule has 1 aromatic rings. The zero-order valence-corrected chi connectivity index (χ0v) is 8.47. The van der Waals surface area contributed by atoms with Crippen LogP contribution in [0.2, 0.25) is 0 Å². The molecule has 0 saturated carbocycles. The van der Waals surface area contributed by atoms with E-state index in [0.29, 0.717) is 6.42 Å². The number of rotatable bonds is 3. The van der Waals surface area contributed by atoms with Crippen molar-refractivity contribution in [2.75, 3.05) is 6.79 Å². The topological polar surface area (TPSA) is 85.9 Å². The molecular formula is C10H11N3O3. The summed E-state index contributed by atoms with van der Waals surface area (Å²) >= 11 is 0. The van der Waals surface area contributed by atoms with Gasteiger partial charge in [0.05, 0.1) is 0 Å². The molecule has 16 heavy (non-hydrogen) atoms. The molecule has 1 aromatic carbocycles. The second kappa shape index (κ2) is 4.52. The SMILES string of the molecule is NC(=O)N/N=C/Cc1ccc2c(c1)OCO2. The van der Waals surface area contributed by atoms with E-state index in [4.69, 9.17) is 15.2 Å². The van der Waals surface area contributed by atoms with E-state index in [0.717, 1.165) is 17.1 Å². The lowest BCUT2D eigenvalue weighted by atomic mass is 10.1. The summed E-state index contributed by atoms with van der Waals surface area (Å²) in [4.78, 5) is 10.3. The zero-order chi connectivity index (χ0) is 11.4. The number of primary amides is 1. The average Bonchev–Trinajstić information content (AvgIpc) is 2.71. The molecular weight excluding hydrogens is 210 g/mol. The molecule has 0 spiro atoms. The Morgan fingerprint density at radius 2 is 2.31 bits per heavy atom. The van der Waals surface area contributed by atoms with Gasteiger partial charge in [0.25, 0.3) is 0 Å². The third-order valence-corrected chi connectivity index (χ3v) is 2.03. The summed E-state index contributed by atoms with van der Waals surface area (Å²) in [5.41, 5.74) is 7.98.